The topological polar surface area (TPSA) is 133 Å². The Morgan fingerprint density at radius 3 is 2.05 bits per heavy atom. The first kappa shape index (κ1) is 29.7. The third kappa shape index (κ3) is 7.81. The molecule has 0 spiro atoms. The number of carbonyl (C=O) groups excluding carboxylic acids is 4. The van der Waals surface area contributed by atoms with Crippen LogP contribution in [0, 0.1) is 0 Å². The van der Waals surface area contributed by atoms with E-state index in [1.165, 1.54) is 27.7 Å². The smallest absolute Gasteiger partial charge is 0.303 e. The number of methoxy groups -OCH3 is 1. The SMILES string of the molecule is COC1CCC(Oc2cc([C@@H]3O[C@H](COC(C)=O)[C@@H](OC(C)=O)[C@H](OC(C)=O)[C@H]3OC(C)=O)ccc2Cl)C1. The molecule has 0 amide bonds. The summed E-state index contributed by atoms with van der Waals surface area (Å²) in [4.78, 5) is 47.6. The minimum Gasteiger partial charge on any atom is -0.489 e. The first-order valence-corrected chi connectivity index (χ1v) is 12.7. The number of hydrogen-bond donors (Lipinski definition) is 0. The fourth-order valence-electron chi connectivity index (χ4n) is 4.69. The van der Waals surface area contributed by atoms with Gasteiger partial charge in [0.1, 0.15) is 30.7 Å². The van der Waals surface area contributed by atoms with Crippen LogP contribution >= 0.6 is 11.6 Å². The van der Waals surface area contributed by atoms with Crippen molar-refractivity contribution < 1.29 is 52.3 Å². The Hall–Kier alpha value is -2.89. The van der Waals surface area contributed by atoms with Crippen LogP contribution in [0.25, 0.3) is 0 Å². The Morgan fingerprint density at radius 1 is 0.868 bits per heavy atom. The summed E-state index contributed by atoms with van der Waals surface area (Å²) in [5.74, 6) is -2.28. The molecule has 12 heteroatoms. The molecule has 1 aromatic rings. The minimum absolute atomic E-state index is 0.0988. The van der Waals surface area contributed by atoms with Crippen molar-refractivity contribution in [1.82, 2.24) is 0 Å². The lowest BCUT2D eigenvalue weighted by atomic mass is 9.90. The van der Waals surface area contributed by atoms with Gasteiger partial charge < -0.3 is 33.2 Å². The third-order valence-electron chi connectivity index (χ3n) is 6.24. The summed E-state index contributed by atoms with van der Waals surface area (Å²) in [5, 5.41) is 0.361. The molecule has 2 aliphatic rings. The zero-order valence-electron chi connectivity index (χ0n) is 22.0. The molecule has 0 bridgehead atoms. The maximum absolute atomic E-state index is 12.1. The molecule has 7 atom stereocenters. The summed E-state index contributed by atoms with van der Waals surface area (Å²) >= 11 is 6.43. The fourth-order valence-corrected chi connectivity index (χ4v) is 4.85. The second-order valence-electron chi connectivity index (χ2n) is 9.22. The summed E-state index contributed by atoms with van der Waals surface area (Å²) < 4.78 is 39.4. The van der Waals surface area contributed by atoms with Crippen LogP contribution in [0.1, 0.15) is 58.6 Å². The molecule has 210 valence electrons. The van der Waals surface area contributed by atoms with Gasteiger partial charge in [-0.2, -0.15) is 0 Å². The van der Waals surface area contributed by atoms with Crippen molar-refractivity contribution in [3.8, 4) is 5.75 Å². The van der Waals surface area contributed by atoms with E-state index in [2.05, 4.69) is 0 Å². The Labute approximate surface area is 225 Å². The second-order valence-corrected chi connectivity index (χ2v) is 9.63. The Kier molecular flexibility index (Phi) is 10.3. The minimum atomic E-state index is -1.27. The highest BCUT2D eigenvalue weighted by Crippen LogP contribution is 2.40. The maximum atomic E-state index is 12.1. The highest BCUT2D eigenvalue weighted by molar-refractivity contribution is 6.32. The van der Waals surface area contributed by atoms with Crippen molar-refractivity contribution in [3.05, 3.63) is 28.8 Å². The largest absolute Gasteiger partial charge is 0.489 e. The lowest BCUT2D eigenvalue weighted by Gasteiger charge is -2.44. The zero-order valence-corrected chi connectivity index (χ0v) is 22.7. The average Bonchev–Trinajstić information content (AvgIpc) is 3.28. The van der Waals surface area contributed by atoms with E-state index < -0.39 is 54.4 Å². The van der Waals surface area contributed by atoms with Gasteiger partial charge in [-0.3, -0.25) is 19.2 Å². The molecule has 1 aromatic carbocycles. The molecule has 0 N–H and O–H groups in total. The monoisotopic (exact) mass is 556 g/mol. The molecule has 1 aliphatic carbocycles. The normalized spacial score (nSPS) is 28.7. The highest BCUT2D eigenvalue weighted by Gasteiger charge is 2.52. The fraction of sp³-hybridized carbons (Fsp3) is 0.615. The summed E-state index contributed by atoms with van der Waals surface area (Å²) in [6.07, 6.45) is -3.45. The quantitative estimate of drug-likeness (QED) is 0.328. The molecule has 0 aromatic heterocycles. The Balaban J connectivity index is 2.00. The summed E-state index contributed by atoms with van der Waals surface area (Å²) in [5.41, 5.74) is 0.489. The predicted molar refractivity (Wildman–Crippen MR) is 131 cm³/mol. The first-order valence-electron chi connectivity index (χ1n) is 12.3. The van der Waals surface area contributed by atoms with Crippen LogP contribution in [0.2, 0.25) is 5.02 Å². The number of ether oxygens (including phenoxy) is 7. The van der Waals surface area contributed by atoms with E-state index in [9.17, 15) is 19.2 Å². The van der Waals surface area contributed by atoms with E-state index in [0.717, 1.165) is 12.8 Å². The van der Waals surface area contributed by atoms with Gasteiger partial charge in [-0.25, -0.2) is 0 Å². The lowest BCUT2D eigenvalue weighted by Crippen LogP contribution is -2.59. The van der Waals surface area contributed by atoms with Crippen LogP contribution in [0.3, 0.4) is 0 Å². The van der Waals surface area contributed by atoms with Crippen LogP contribution in [0.4, 0.5) is 0 Å². The molecular weight excluding hydrogens is 524 g/mol. The average molecular weight is 557 g/mol. The molecule has 1 aliphatic heterocycles. The van der Waals surface area contributed by atoms with E-state index in [0.29, 0.717) is 22.8 Å². The molecule has 11 nitrogen and oxygen atoms in total. The van der Waals surface area contributed by atoms with E-state index in [-0.39, 0.29) is 18.8 Å². The number of benzene rings is 1. The zero-order chi connectivity index (χ0) is 28.0. The number of rotatable bonds is 9. The van der Waals surface area contributed by atoms with Crippen LogP contribution in [0.5, 0.6) is 5.75 Å². The molecule has 1 saturated carbocycles. The van der Waals surface area contributed by atoms with Gasteiger partial charge in [-0.15, -0.1) is 0 Å². The summed E-state index contributed by atoms with van der Waals surface area (Å²) in [7, 11) is 1.66. The van der Waals surface area contributed by atoms with Gasteiger partial charge in [-0.1, -0.05) is 17.7 Å². The maximum Gasteiger partial charge on any atom is 0.303 e. The number of esters is 4. The predicted octanol–water partition coefficient (Wildman–Crippen LogP) is 3.08. The molecule has 0 radical (unpaired) electrons. The van der Waals surface area contributed by atoms with Crippen molar-refractivity contribution in [2.45, 2.75) is 89.7 Å². The van der Waals surface area contributed by atoms with Crippen LogP contribution in [-0.4, -0.2) is 74.2 Å². The van der Waals surface area contributed by atoms with E-state index in [1.807, 2.05) is 0 Å². The van der Waals surface area contributed by atoms with Gasteiger partial charge in [0, 0.05) is 41.2 Å². The van der Waals surface area contributed by atoms with Crippen molar-refractivity contribution in [3.63, 3.8) is 0 Å². The third-order valence-corrected chi connectivity index (χ3v) is 6.55. The number of halogens is 1. The molecule has 2 unspecified atom stereocenters. The molecule has 2 fully saturated rings. The Bertz CT molecular complexity index is 1030. The second kappa shape index (κ2) is 13.3. The van der Waals surface area contributed by atoms with E-state index in [4.69, 9.17) is 44.8 Å². The lowest BCUT2D eigenvalue weighted by molar-refractivity contribution is -0.254. The standard InChI is InChI=1S/C26H33ClO11/c1-13(28)33-12-22-24(34-14(2)29)26(36-16(4)31)25(35-15(3)30)23(38-22)17-6-9-20(27)21(10-17)37-19-8-7-18(11-19)32-5/h6,9-10,18-19,22-26H,7-8,11-12H2,1-5H3/t18?,19?,22-,23+,24-,25+,26+/m1/s1. The van der Waals surface area contributed by atoms with Crippen LogP contribution < -0.4 is 4.74 Å². The van der Waals surface area contributed by atoms with E-state index in [1.54, 1.807) is 25.3 Å². The van der Waals surface area contributed by atoms with Gasteiger partial charge in [0.2, 0.25) is 0 Å². The number of hydrogen-bond acceptors (Lipinski definition) is 11. The van der Waals surface area contributed by atoms with Crippen LogP contribution in [0.15, 0.2) is 18.2 Å². The molecule has 1 heterocycles. The van der Waals surface area contributed by atoms with Crippen molar-refractivity contribution in [2.75, 3.05) is 13.7 Å². The molecular formula is C26H33ClO11. The van der Waals surface area contributed by atoms with Crippen LogP contribution in [-0.2, 0) is 47.6 Å². The summed E-state index contributed by atoms with van der Waals surface area (Å²) in [6.45, 7) is 4.43. The summed E-state index contributed by atoms with van der Waals surface area (Å²) in [6, 6.07) is 4.93. The van der Waals surface area contributed by atoms with Crippen molar-refractivity contribution in [2.24, 2.45) is 0 Å². The van der Waals surface area contributed by atoms with Gasteiger partial charge in [-0.05, 0) is 30.5 Å². The van der Waals surface area contributed by atoms with Gasteiger partial charge in [0.25, 0.3) is 0 Å². The van der Waals surface area contributed by atoms with E-state index >= 15 is 0 Å². The van der Waals surface area contributed by atoms with Gasteiger partial charge in [0.05, 0.1) is 11.1 Å². The van der Waals surface area contributed by atoms with Crippen molar-refractivity contribution >= 4 is 35.5 Å². The van der Waals surface area contributed by atoms with Crippen molar-refractivity contribution in [1.29, 1.82) is 0 Å². The number of carbonyl (C=O) groups is 4. The van der Waals surface area contributed by atoms with Gasteiger partial charge >= 0.3 is 23.9 Å². The van der Waals surface area contributed by atoms with Gasteiger partial charge in [0.15, 0.2) is 18.3 Å². The molecule has 3 rings (SSSR count). The molecule has 38 heavy (non-hydrogen) atoms. The molecule has 1 saturated heterocycles. The highest BCUT2D eigenvalue weighted by atomic mass is 35.5. The first-order chi connectivity index (χ1) is 18.0. The Morgan fingerprint density at radius 2 is 1.47 bits per heavy atom.